The molecule has 0 saturated heterocycles. The van der Waals surface area contributed by atoms with Gasteiger partial charge in [0.15, 0.2) is 0 Å². The molecule has 1 aromatic rings. The first-order chi connectivity index (χ1) is 9.77. The van der Waals surface area contributed by atoms with Gasteiger partial charge in [-0.1, -0.05) is 6.92 Å². The second-order valence-corrected chi connectivity index (χ2v) is 8.64. The van der Waals surface area contributed by atoms with Gasteiger partial charge in [-0.3, -0.25) is 0 Å². The first kappa shape index (κ1) is 18.6. The molecule has 21 heavy (non-hydrogen) atoms. The fraction of sp³-hybridized carbons (Fsp3) is 0.714. The minimum atomic E-state index is -3.41. The molecule has 7 heteroatoms. The molecule has 1 aromatic heterocycles. The summed E-state index contributed by atoms with van der Waals surface area (Å²) in [6.45, 7) is 8.14. The second-order valence-electron chi connectivity index (χ2n) is 5.51. The van der Waals surface area contributed by atoms with Crippen LogP contribution in [0.1, 0.15) is 30.7 Å². The summed E-state index contributed by atoms with van der Waals surface area (Å²) in [6, 6.07) is 1.92. The zero-order valence-electron chi connectivity index (χ0n) is 13.6. The summed E-state index contributed by atoms with van der Waals surface area (Å²) in [6.07, 6.45) is 1.07. The number of thiophene rings is 1. The Kier molecular flexibility index (Phi) is 7.29. The molecule has 1 rings (SSSR count). The fourth-order valence-corrected chi connectivity index (χ4v) is 4.38. The SMILES string of the molecule is CCCNCc1sc(S(=O)(=O)NCC(C)N(C)C)cc1C. The van der Waals surface area contributed by atoms with E-state index in [0.29, 0.717) is 10.8 Å². The lowest BCUT2D eigenvalue weighted by Gasteiger charge is -2.19. The molecule has 5 nitrogen and oxygen atoms in total. The minimum absolute atomic E-state index is 0.159. The molecule has 1 unspecified atom stereocenters. The van der Waals surface area contributed by atoms with Crippen LogP contribution in [0.4, 0.5) is 0 Å². The number of rotatable bonds is 9. The standard InChI is InChI=1S/C14H27N3O2S2/c1-6-7-15-10-13-11(2)8-14(20-13)21(18,19)16-9-12(3)17(4)5/h8,12,15-16H,6-7,9-10H2,1-5H3. The molecule has 0 aliphatic rings. The molecule has 1 atom stereocenters. The molecule has 0 radical (unpaired) electrons. The van der Waals surface area contributed by atoms with Crippen LogP contribution < -0.4 is 10.0 Å². The highest BCUT2D eigenvalue weighted by molar-refractivity contribution is 7.91. The molecular weight excluding hydrogens is 306 g/mol. The summed E-state index contributed by atoms with van der Waals surface area (Å²) in [5, 5.41) is 3.31. The van der Waals surface area contributed by atoms with Crippen molar-refractivity contribution in [3.63, 3.8) is 0 Å². The quantitative estimate of drug-likeness (QED) is 0.676. The van der Waals surface area contributed by atoms with Crippen molar-refractivity contribution in [3.05, 3.63) is 16.5 Å². The van der Waals surface area contributed by atoms with Gasteiger partial charge in [-0.05, 0) is 52.5 Å². The molecule has 0 saturated carbocycles. The fourth-order valence-electron chi connectivity index (χ4n) is 1.66. The van der Waals surface area contributed by atoms with Crippen molar-refractivity contribution in [1.82, 2.24) is 14.9 Å². The average Bonchev–Trinajstić information content (AvgIpc) is 2.79. The van der Waals surface area contributed by atoms with Crippen molar-refractivity contribution in [3.8, 4) is 0 Å². The van der Waals surface area contributed by atoms with Crippen LogP contribution >= 0.6 is 11.3 Å². The van der Waals surface area contributed by atoms with Gasteiger partial charge in [-0.25, -0.2) is 13.1 Å². The number of aryl methyl sites for hydroxylation is 1. The molecular formula is C14H27N3O2S2. The molecule has 0 spiro atoms. The zero-order chi connectivity index (χ0) is 16.0. The number of sulfonamides is 1. The zero-order valence-corrected chi connectivity index (χ0v) is 15.2. The van der Waals surface area contributed by atoms with Crippen molar-refractivity contribution in [2.24, 2.45) is 0 Å². The van der Waals surface area contributed by atoms with E-state index in [2.05, 4.69) is 17.0 Å². The largest absolute Gasteiger partial charge is 0.312 e. The third kappa shape index (κ3) is 5.67. The van der Waals surface area contributed by atoms with Crippen LogP contribution in [-0.4, -0.2) is 46.5 Å². The van der Waals surface area contributed by atoms with Gasteiger partial charge in [0.25, 0.3) is 0 Å². The summed E-state index contributed by atoms with van der Waals surface area (Å²) in [7, 11) is 0.465. The minimum Gasteiger partial charge on any atom is -0.312 e. The van der Waals surface area contributed by atoms with Gasteiger partial charge in [-0.2, -0.15) is 0 Å². The average molecular weight is 334 g/mol. The summed E-state index contributed by atoms with van der Waals surface area (Å²) in [5.41, 5.74) is 1.03. The summed E-state index contributed by atoms with van der Waals surface area (Å²) < 4.78 is 27.7. The van der Waals surface area contributed by atoms with E-state index in [4.69, 9.17) is 0 Å². The Morgan fingerprint density at radius 2 is 2.05 bits per heavy atom. The lowest BCUT2D eigenvalue weighted by molar-refractivity contribution is 0.314. The van der Waals surface area contributed by atoms with Crippen LogP contribution in [0.15, 0.2) is 10.3 Å². The lowest BCUT2D eigenvalue weighted by atomic mass is 10.3. The molecule has 0 aromatic carbocycles. The highest BCUT2D eigenvalue weighted by atomic mass is 32.2. The molecule has 2 N–H and O–H groups in total. The molecule has 0 amide bonds. The molecule has 0 bridgehead atoms. The Labute approximate surface area is 132 Å². The van der Waals surface area contributed by atoms with Gasteiger partial charge in [0.2, 0.25) is 10.0 Å². The topological polar surface area (TPSA) is 61.4 Å². The van der Waals surface area contributed by atoms with Gasteiger partial charge >= 0.3 is 0 Å². The van der Waals surface area contributed by atoms with E-state index < -0.39 is 10.0 Å². The maximum Gasteiger partial charge on any atom is 0.250 e. The van der Waals surface area contributed by atoms with Crippen LogP contribution in [0.25, 0.3) is 0 Å². The Balaban J connectivity index is 2.73. The van der Waals surface area contributed by atoms with E-state index in [9.17, 15) is 8.42 Å². The summed E-state index contributed by atoms with van der Waals surface area (Å²) >= 11 is 1.35. The third-order valence-electron chi connectivity index (χ3n) is 3.43. The number of hydrogen-bond donors (Lipinski definition) is 2. The normalized spacial score (nSPS) is 13.8. The van der Waals surface area contributed by atoms with Crippen LogP contribution in [-0.2, 0) is 16.6 Å². The molecule has 0 aliphatic carbocycles. The number of nitrogens with one attached hydrogen (secondary N) is 2. The van der Waals surface area contributed by atoms with Crippen molar-refractivity contribution in [1.29, 1.82) is 0 Å². The summed E-state index contributed by atoms with van der Waals surface area (Å²) in [4.78, 5) is 3.08. The summed E-state index contributed by atoms with van der Waals surface area (Å²) in [5.74, 6) is 0. The van der Waals surface area contributed by atoms with E-state index in [-0.39, 0.29) is 6.04 Å². The number of nitrogens with zero attached hydrogens (tertiary/aromatic N) is 1. The van der Waals surface area contributed by atoms with E-state index in [0.717, 1.165) is 30.0 Å². The molecule has 1 heterocycles. The molecule has 122 valence electrons. The maximum absolute atomic E-state index is 12.3. The Bertz CT molecular complexity index is 538. The maximum atomic E-state index is 12.3. The van der Waals surface area contributed by atoms with Gasteiger partial charge in [0.05, 0.1) is 0 Å². The van der Waals surface area contributed by atoms with Gasteiger partial charge in [-0.15, -0.1) is 11.3 Å². The van der Waals surface area contributed by atoms with Crippen LogP contribution in [0.3, 0.4) is 0 Å². The van der Waals surface area contributed by atoms with Crippen LogP contribution in [0.5, 0.6) is 0 Å². The van der Waals surface area contributed by atoms with Gasteiger partial charge in [0.1, 0.15) is 4.21 Å². The van der Waals surface area contributed by atoms with Gasteiger partial charge in [0, 0.05) is 24.0 Å². The Morgan fingerprint density at radius 1 is 1.38 bits per heavy atom. The van der Waals surface area contributed by atoms with Crippen molar-refractivity contribution >= 4 is 21.4 Å². The number of likely N-dealkylation sites (N-methyl/N-ethyl adjacent to an activating group) is 1. The second kappa shape index (κ2) is 8.24. The van der Waals surface area contributed by atoms with E-state index in [1.807, 2.05) is 32.8 Å². The third-order valence-corrected chi connectivity index (χ3v) is 6.56. The first-order valence-corrected chi connectivity index (χ1v) is 9.54. The van der Waals surface area contributed by atoms with Crippen molar-refractivity contribution in [2.75, 3.05) is 27.2 Å². The Hall–Kier alpha value is -0.470. The van der Waals surface area contributed by atoms with Crippen LogP contribution in [0, 0.1) is 6.92 Å². The lowest BCUT2D eigenvalue weighted by Crippen LogP contribution is -2.37. The highest BCUT2D eigenvalue weighted by Gasteiger charge is 2.19. The smallest absolute Gasteiger partial charge is 0.250 e. The predicted molar refractivity (Wildman–Crippen MR) is 89.4 cm³/mol. The van der Waals surface area contributed by atoms with Crippen LogP contribution in [0.2, 0.25) is 0 Å². The monoisotopic (exact) mass is 333 g/mol. The Morgan fingerprint density at radius 3 is 2.62 bits per heavy atom. The number of hydrogen-bond acceptors (Lipinski definition) is 5. The highest BCUT2D eigenvalue weighted by Crippen LogP contribution is 2.25. The predicted octanol–water partition coefficient (Wildman–Crippen LogP) is 1.78. The molecule has 0 aliphatic heterocycles. The van der Waals surface area contributed by atoms with Crippen molar-refractivity contribution < 1.29 is 8.42 Å². The van der Waals surface area contributed by atoms with E-state index in [1.165, 1.54) is 11.3 Å². The van der Waals surface area contributed by atoms with Gasteiger partial charge < -0.3 is 10.2 Å². The molecule has 0 fully saturated rings. The first-order valence-electron chi connectivity index (χ1n) is 7.24. The van der Waals surface area contributed by atoms with E-state index in [1.54, 1.807) is 6.07 Å². The van der Waals surface area contributed by atoms with E-state index >= 15 is 0 Å². The van der Waals surface area contributed by atoms with Crippen molar-refractivity contribution in [2.45, 2.75) is 44.0 Å².